The van der Waals surface area contributed by atoms with Gasteiger partial charge in [0.05, 0.1) is 18.2 Å². The van der Waals surface area contributed by atoms with Gasteiger partial charge in [-0.25, -0.2) is 9.59 Å². The van der Waals surface area contributed by atoms with Crippen molar-refractivity contribution in [3.63, 3.8) is 0 Å². The van der Waals surface area contributed by atoms with Crippen molar-refractivity contribution >= 4 is 12.2 Å². The van der Waals surface area contributed by atoms with E-state index in [2.05, 4.69) is 11.9 Å². The van der Waals surface area contributed by atoms with Crippen LogP contribution in [0.25, 0.3) is 0 Å². The Hall–Kier alpha value is -2.62. The number of nitrogens with one attached hydrogen (secondary N) is 1. The fourth-order valence-corrected chi connectivity index (χ4v) is 4.55. The van der Waals surface area contributed by atoms with Crippen LogP contribution in [0.5, 0.6) is 0 Å². The first-order valence-corrected chi connectivity index (χ1v) is 12.0. The molecular formula is C26H38N2O7. The Morgan fingerprint density at radius 1 is 1.23 bits per heavy atom. The number of rotatable bonds is 8. The van der Waals surface area contributed by atoms with Crippen molar-refractivity contribution in [2.24, 2.45) is 0 Å². The van der Waals surface area contributed by atoms with Crippen LogP contribution in [0.3, 0.4) is 0 Å². The van der Waals surface area contributed by atoms with Crippen molar-refractivity contribution in [1.82, 2.24) is 10.2 Å². The molecule has 2 fully saturated rings. The lowest BCUT2D eigenvalue weighted by Crippen LogP contribution is -2.54. The lowest BCUT2D eigenvalue weighted by molar-refractivity contribution is -0.171. The van der Waals surface area contributed by atoms with E-state index in [0.29, 0.717) is 12.8 Å². The molecule has 9 heteroatoms. The number of allylic oxidation sites excluding steroid dienone is 1. The molecular weight excluding hydrogens is 452 g/mol. The largest absolute Gasteiger partial charge is 0.445 e. The number of alkyl carbamates (subject to hydrolysis) is 1. The first-order valence-electron chi connectivity index (χ1n) is 12.0. The first-order chi connectivity index (χ1) is 16.4. The first kappa shape index (κ1) is 27.0. The van der Waals surface area contributed by atoms with E-state index in [1.807, 2.05) is 30.3 Å². The zero-order valence-corrected chi connectivity index (χ0v) is 21.2. The smallest absolute Gasteiger partial charge is 0.410 e. The van der Waals surface area contributed by atoms with Gasteiger partial charge in [0.1, 0.15) is 24.4 Å². The van der Waals surface area contributed by atoms with Crippen molar-refractivity contribution in [1.29, 1.82) is 0 Å². The number of hydrogen-bond acceptors (Lipinski definition) is 7. The predicted octanol–water partition coefficient (Wildman–Crippen LogP) is 3.75. The van der Waals surface area contributed by atoms with Gasteiger partial charge >= 0.3 is 12.2 Å². The van der Waals surface area contributed by atoms with E-state index < -0.39 is 54.0 Å². The Morgan fingerprint density at radius 3 is 2.51 bits per heavy atom. The Kier molecular flexibility index (Phi) is 8.46. The molecule has 3 rings (SSSR count). The molecule has 1 aromatic rings. The third-order valence-electron chi connectivity index (χ3n) is 5.89. The summed E-state index contributed by atoms with van der Waals surface area (Å²) in [5.41, 5.74) is 0.163. The van der Waals surface area contributed by atoms with Gasteiger partial charge in [-0.2, -0.15) is 0 Å². The van der Waals surface area contributed by atoms with E-state index in [1.165, 1.54) is 4.90 Å². The highest BCUT2D eigenvalue weighted by atomic mass is 16.8. The van der Waals surface area contributed by atoms with Gasteiger partial charge in [0.25, 0.3) is 0 Å². The standard InChI is InChI=1S/C26H38N2O7/c1-7-8-14-19(29)20-22-21(33-26(5,6)34-22)18(15-27-23(30)35-25(2,3)4)28(20)24(31)32-16-17-12-10-9-11-13-17/h7,9-13,18-22,29H,1,8,14-16H2,2-6H3,(H,27,30)/t18-,19-,20-,21-,22+/m1/s1. The number of amides is 2. The summed E-state index contributed by atoms with van der Waals surface area (Å²) < 4.78 is 23.3. The molecule has 0 saturated carbocycles. The summed E-state index contributed by atoms with van der Waals surface area (Å²) in [6, 6.07) is 7.97. The molecule has 2 N–H and O–H groups in total. The zero-order valence-electron chi connectivity index (χ0n) is 21.2. The Bertz CT molecular complexity index is 883. The van der Waals surface area contributed by atoms with Crippen LogP contribution in [0, 0.1) is 0 Å². The van der Waals surface area contributed by atoms with Crippen molar-refractivity contribution in [2.45, 2.75) is 95.9 Å². The average Bonchev–Trinajstić information content (AvgIpc) is 3.23. The molecule has 35 heavy (non-hydrogen) atoms. The lowest BCUT2D eigenvalue weighted by Gasteiger charge is -2.35. The number of benzene rings is 1. The van der Waals surface area contributed by atoms with Crippen LogP contribution in [0.2, 0.25) is 0 Å². The molecule has 0 aliphatic carbocycles. The summed E-state index contributed by atoms with van der Waals surface area (Å²) in [5, 5.41) is 13.8. The van der Waals surface area contributed by atoms with Crippen LogP contribution >= 0.6 is 0 Å². The summed E-state index contributed by atoms with van der Waals surface area (Å²) in [4.78, 5) is 27.2. The molecule has 9 nitrogen and oxygen atoms in total. The van der Waals surface area contributed by atoms with Crippen molar-refractivity contribution < 1.29 is 33.6 Å². The van der Waals surface area contributed by atoms with E-state index in [1.54, 1.807) is 40.7 Å². The molecule has 0 bridgehead atoms. The van der Waals surface area contributed by atoms with Crippen LogP contribution in [-0.2, 0) is 25.6 Å². The van der Waals surface area contributed by atoms with Crippen molar-refractivity contribution in [3.05, 3.63) is 48.6 Å². The predicted molar refractivity (Wildman–Crippen MR) is 130 cm³/mol. The number of ether oxygens (including phenoxy) is 4. The number of aliphatic hydroxyl groups excluding tert-OH is 1. The van der Waals surface area contributed by atoms with Crippen LogP contribution in [-0.4, -0.2) is 70.5 Å². The molecule has 2 heterocycles. The fourth-order valence-electron chi connectivity index (χ4n) is 4.55. The second-order valence-electron chi connectivity index (χ2n) is 10.4. The molecule has 2 saturated heterocycles. The van der Waals surface area contributed by atoms with E-state index in [4.69, 9.17) is 18.9 Å². The fraction of sp³-hybridized carbons (Fsp3) is 0.615. The Balaban J connectivity index is 1.85. The summed E-state index contributed by atoms with van der Waals surface area (Å²) in [5.74, 6) is -0.907. The zero-order chi connectivity index (χ0) is 25.8. The van der Waals surface area contributed by atoms with Crippen LogP contribution in [0.4, 0.5) is 9.59 Å². The summed E-state index contributed by atoms with van der Waals surface area (Å²) in [6.45, 7) is 12.7. The van der Waals surface area contributed by atoms with Crippen molar-refractivity contribution in [2.75, 3.05) is 6.54 Å². The van der Waals surface area contributed by atoms with Gasteiger partial charge in [-0.15, -0.1) is 6.58 Å². The second-order valence-corrected chi connectivity index (χ2v) is 10.4. The molecule has 0 spiro atoms. The Labute approximate surface area is 207 Å². The maximum atomic E-state index is 13.4. The van der Waals surface area contributed by atoms with E-state index in [0.717, 1.165) is 5.56 Å². The molecule has 194 valence electrons. The van der Waals surface area contributed by atoms with Crippen LogP contribution < -0.4 is 5.32 Å². The highest BCUT2D eigenvalue weighted by molar-refractivity contribution is 5.71. The van der Waals surface area contributed by atoms with Gasteiger partial charge in [-0.05, 0) is 53.0 Å². The van der Waals surface area contributed by atoms with Gasteiger partial charge in [-0.1, -0.05) is 36.4 Å². The molecule has 1 aromatic carbocycles. The number of carbonyl (C=O) groups excluding carboxylic acids is 2. The minimum absolute atomic E-state index is 0.0423. The number of likely N-dealkylation sites (tertiary alicyclic amines) is 1. The van der Waals surface area contributed by atoms with Gasteiger partial charge in [-0.3, -0.25) is 4.90 Å². The molecule has 2 aliphatic heterocycles. The van der Waals surface area contributed by atoms with E-state index >= 15 is 0 Å². The molecule has 0 aromatic heterocycles. The highest BCUT2D eigenvalue weighted by Crippen LogP contribution is 2.42. The highest BCUT2D eigenvalue weighted by Gasteiger charge is 2.61. The third kappa shape index (κ3) is 6.96. The monoisotopic (exact) mass is 490 g/mol. The minimum atomic E-state index is -0.909. The number of nitrogens with zero attached hydrogens (tertiary/aromatic N) is 1. The van der Waals surface area contributed by atoms with Gasteiger partial charge in [0.2, 0.25) is 0 Å². The average molecular weight is 491 g/mol. The van der Waals surface area contributed by atoms with E-state index in [-0.39, 0.29) is 13.2 Å². The maximum absolute atomic E-state index is 13.4. The van der Waals surface area contributed by atoms with Gasteiger partial charge in [0.15, 0.2) is 5.79 Å². The number of fused-ring (bicyclic) bond motifs is 1. The number of aliphatic hydroxyl groups is 1. The molecule has 0 radical (unpaired) electrons. The second kappa shape index (κ2) is 11.0. The van der Waals surface area contributed by atoms with Gasteiger partial charge < -0.3 is 29.4 Å². The summed E-state index contributed by atoms with van der Waals surface area (Å²) >= 11 is 0. The molecule has 0 unspecified atom stereocenters. The normalized spacial score (nSPS) is 26.1. The third-order valence-corrected chi connectivity index (χ3v) is 5.89. The van der Waals surface area contributed by atoms with Crippen LogP contribution in [0.15, 0.2) is 43.0 Å². The molecule has 2 aliphatic rings. The topological polar surface area (TPSA) is 107 Å². The quantitative estimate of drug-likeness (QED) is 0.535. The van der Waals surface area contributed by atoms with Crippen molar-refractivity contribution in [3.8, 4) is 0 Å². The number of hydrogen-bond donors (Lipinski definition) is 2. The Morgan fingerprint density at radius 2 is 1.89 bits per heavy atom. The maximum Gasteiger partial charge on any atom is 0.410 e. The number of carbonyl (C=O) groups is 2. The molecule has 5 atom stereocenters. The minimum Gasteiger partial charge on any atom is -0.445 e. The molecule has 2 amide bonds. The lowest BCUT2D eigenvalue weighted by atomic mass is 10.00. The summed E-state index contributed by atoms with van der Waals surface area (Å²) in [6.07, 6.45) is -0.651. The van der Waals surface area contributed by atoms with Gasteiger partial charge in [0, 0.05) is 6.54 Å². The SMILES string of the molecule is C=CCC[C@@H](O)[C@@H]1[C@@H]2OC(C)(C)O[C@@H]2[C@@H](CNC(=O)OC(C)(C)C)N1C(=O)OCc1ccccc1. The summed E-state index contributed by atoms with van der Waals surface area (Å²) in [7, 11) is 0. The van der Waals surface area contributed by atoms with E-state index in [9.17, 15) is 14.7 Å². The van der Waals surface area contributed by atoms with Crippen LogP contribution in [0.1, 0.15) is 53.0 Å².